The van der Waals surface area contributed by atoms with Gasteiger partial charge in [-0.2, -0.15) is 0 Å². The van der Waals surface area contributed by atoms with E-state index in [-0.39, 0.29) is 12.3 Å². The van der Waals surface area contributed by atoms with Crippen molar-refractivity contribution in [2.24, 2.45) is 4.36 Å². The van der Waals surface area contributed by atoms with Crippen molar-refractivity contribution in [2.45, 2.75) is 30.6 Å². The fourth-order valence-electron chi connectivity index (χ4n) is 2.91. The maximum absolute atomic E-state index is 13.7. The Balaban J connectivity index is 1.94. The van der Waals surface area contributed by atoms with Crippen LogP contribution in [-0.2, 0) is 21.1 Å². The Labute approximate surface area is 143 Å². The van der Waals surface area contributed by atoms with Crippen LogP contribution in [0, 0.1) is 0 Å². The van der Waals surface area contributed by atoms with Gasteiger partial charge in [0, 0.05) is 13.1 Å². The number of carbonyl (C=O) groups is 1. The predicted octanol–water partition coefficient (Wildman–Crippen LogP) is 3.68. The highest BCUT2D eigenvalue weighted by atomic mass is 32.2. The average Bonchev–Trinajstić information content (AvgIpc) is 2.64. The molecule has 4 nitrogen and oxygen atoms in total. The third-order valence-corrected chi connectivity index (χ3v) is 6.54. The van der Waals surface area contributed by atoms with Crippen LogP contribution in [0.25, 0.3) is 0 Å². The fourth-order valence-corrected chi connectivity index (χ4v) is 5.03. The normalized spacial score (nSPS) is 17.8. The van der Waals surface area contributed by atoms with Gasteiger partial charge in [0.05, 0.1) is 11.3 Å². The summed E-state index contributed by atoms with van der Waals surface area (Å²) in [5.41, 5.74) is 0.889. The minimum Gasteiger partial charge on any atom is -0.272 e. The predicted molar refractivity (Wildman–Crippen MR) is 95.9 cm³/mol. The lowest BCUT2D eigenvalue weighted by molar-refractivity contribution is -0.117. The highest BCUT2D eigenvalue weighted by Crippen LogP contribution is 2.23. The number of carbonyl (C=O) groups excluding carboxylic acids is 1. The van der Waals surface area contributed by atoms with Crippen LogP contribution in [0.3, 0.4) is 0 Å². The molecule has 1 heterocycles. The number of amides is 1. The molecule has 24 heavy (non-hydrogen) atoms. The van der Waals surface area contributed by atoms with Crippen LogP contribution >= 0.6 is 0 Å². The van der Waals surface area contributed by atoms with Crippen molar-refractivity contribution in [3.8, 4) is 0 Å². The van der Waals surface area contributed by atoms with E-state index < -0.39 is 9.92 Å². The molecule has 1 amide bonds. The van der Waals surface area contributed by atoms with Gasteiger partial charge in [-0.3, -0.25) is 4.79 Å². The molecule has 0 saturated carbocycles. The van der Waals surface area contributed by atoms with Crippen LogP contribution in [0.5, 0.6) is 0 Å². The quantitative estimate of drug-likeness (QED) is 0.851. The molecule has 1 unspecified atom stereocenters. The van der Waals surface area contributed by atoms with Gasteiger partial charge in [0.15, 0.2) is 0 Å². The first-order valence-electron chi connectivity index (χ1n) is 8.32. The molecule has 5 heteroatoms. The van der Waals surface area contributed by atoms with Crippen LogP contribution in [0.2, 0.25) is 0 Å². The standard InChI is InChI=1S/C19H22N2O2S/c22-19(16-17-10-4-1-5-11-17)20-24(23,18-12-6-2-7-13-18)21-14-8-3-9-15-21/h1-2,4-7,10-13H,3,8-9,14-16H2. The van der Waals surface area contributed by atoms with Crippen molar-refractivity contribution < 1.29 is 9.00 Å². The molecule has 1 saturated heterocycles. The first kappa shape index (κ1) is 16.9. The van der Waals surface area contributed by atoms with Gasteiger partial charge in [-0.25, -0.2) is 8.51 Å². The largest absolute Gasteiger partial charge is 0.272 e. The lowest BCUT2D eigenvalue weighted by Gasteiger charge is -2.29. The van der Waals surface area contributed by atoms with Crippen molar-refractivity contribution in [1.82, 2.24) is 4.31 Å². The molecule has 0 bridgehead atoms. The van der Waals surface area contributed by atoms with Gasteiger partial charge >= 0.3 is 0 Å². The van der Waals surface area contributed by atoms with Gasteiger partial charge in [0.25, 0.3) is 5.91 Å². The van der Waals surface area contributed by atoms with Crippen molar-refractivity contribution >= 4 is 15.8 Å². The highest BCUT2D eigenvalue weighted by Gasteiger charge is 2.25. The van der Waals surface area contributed by atoms with Crippen LogP contribution in [0.15, 0.2) is 69.9 Å². The zero-order valence-corrected chi connectivity index (χ0v) is 14.5. The van der Waals surface area contributed by atoms with Gasteiger partial charge in [-0.05, 0) is 30.5 Å². The second-order valence-corrected chi connectivity index (χ2v) is 8.11. The molecule has 1 aliphatic rings. The SMILES string of the molecule is O=C(Cc1ccccc1)N=S(=O)(c1ccccc1)N1CCCCC1. The number of rotatable bonds is 4. The van der Waals surface area contributed by atoms with Crippen molar-refractivity contribution in [3.63, 3.8) is 0 Å². The highest BCUT2D eigenvalue weighted by molar-refractivity contribution is 7.91. The zero-order valence-electron chi connectivity index (χ0n) is 13.6. The van der Waals surface area contributed by atoms with Crippen molar-refractivity contribution in [3.05, 3.63) is 66.2 Å². The van der Waals surface area contributed by atoms with Gasteiger partial charge < -0.3 is 0 Å². The summed E-state index contributed by atoms with van der Waals surface area (Å²) in [7, 11) is -2.88. The number of nitrogens with zero attached hydrogens (tertiary/aromatic N) is 2. The van der Waals surface area contributed by atoms with E-state index in [1.165, 1.54) is 0 Å². The Morgan fingerprint density at radius 1 is 0.917 bits per heavy atom. The molecule has 2 aromatic rings. The summed E-state index contributed by atoms with van der Waals surface area (Å²) < 4.78 is 19.8. The van der Waals surface area contributed by atoms with Crippen LogP contribution < -0.4 is 0 Å². The molecule has 0 aromatic heterocycles. The van der Waals surface area contributed by atoms with Crippen LogP contribution in [0.4, 0.5) is 0 Å². The minimum absolute atomic E-state index is 0.179. The van der Waals surface area contributed by atoms with E-state index in [1.54, 1.807) is 12.1 Å². The molecule has 3 rings (SSSR count). The fraction of sp³-hybridized carbons (Fsp3) is 0.316. The lowest BCUT2D eigenvalue weighted by Crippen LogP contribution is -2.36. The summed E-state index contributed by atoms with van der Waals surface area (Å²) in [6, 6.07) is 18.6. The molecule has 1 fully saturated rings. The summed E-state index contributed by atoms with van der Waals surface area (Å²) >= 11 is 0. The van der Waals surface area contributed by atoms with Crippen LogP contribution in [-0.4, -0.2) is 27.5 Å². The van der Waals surface area contributed by atoms with E-state index in [0.29, 0.717) is 4.90 Å². The maximum atomic E-state index is 13.7. The summed E-state index contributed by atoms with van der Waals surface area (Å²) in [5.74, 6) is -0.333. The van der Waals surface area contributed by atoms with Gasteiger partial charge in [-0.15, -0.1) is 4.36 Å². The maximum Gasteiger partial charge on any atom is 0.259 e. The second kappa shape index (κ2) is 7.73. The topological polar surface area (TPSA) is 49.7 Å². The van der Waals surface area contributed by atoms with E-state index in [1.807, 2.05) is 52.8 Å². The summed E-state index contributed by atoms with van der Waals surface area (Å²) in [6.07, 6.45) is 3.30. The Kier molecular flexibility index (Phi) is 5.43. The van der Waals surface area contributed by atoms with Crippen molar-refractivity contribution in [1.29, 1.82) is 0 Å². The van der Waals surface area contributed by atoms with Gasteiger partial charge in [0.1, 0.15) is 9.92 Å². The van der Waals surface area contributed by atoms with E-state index >= 15 is 0 Å². The van der Waals surface area contributed by atoms with Crippen LogP contribution in [0.1, 0.15) is 24.8 Å². The van der Waals surface area contributed by atoms with E-state index in [9.17, 15) is 9.00 Å². The molecule has 1 aliphatic heterocycles. The zero-order chi connectivity index (χ0) is 16.8. The number of hydrogen-bond acceptors (Lipinski definition) is 2. The Hall–Kier alpha value is -1.98. The Bertz CT molecular complexity index is 791. The summed E-state index contributed by atoms with van der Waals surface area (Å²) in [4.78, 5) is 13.1. The summed E-state index contributed by atoms with van der Waals surface area (Å²) in [6.45, 7) is 1.44. The first-order chi connectivity index (χ1) is 11.7. The molecule has 1 atom stereocenters. The second-order valence-electron chi connectivity index (χ2n) is 5.95. The smallest absolute Gasteiger partial charge is 0.259 e. The molecule has 0 aliphatic carbocycles. The average molecular weight is 342 g/mol. The molecule has 126 valence electrons. The molecule has 0 spiro atoms. The van der Waals surface area contributed by atoms with Crippen molar-refractivity contribution in [2.75, 3.05) is 13.1 Å². The van der Waals surface area contributed by atoms with E-state index in [2.05, 4.69) is 4.36 Å². The minimum atomic E-state index is -2.88. The molecular formula is C19H22N2O2S. The monoisotopic (exact) mass is 342 g/mol. The Morgan fingerprint density at radius 3 is 2.12 bits per heavy atom. The number of benzene rings is 2. The van der Waals surface area contributed by atoms with Gasteiger partial charge in [-0.1, -0.05) is 55.0 Å². The lowest BCUT2D eigenvalue weighted by atomic mass is 10.1. The molecule has 2 aromatic carbocycles. The van der Waals surface area contributed by atoms with E-state index in [4.69, 9.17) is 0 Å². The Morgan fingerprint density at radius 2 is 1.50 bits per heavy atom. The summed E-state index contributed by atoms with van der Waals surface area (Å²) in [5, 5.41) is 0. The third kappa shape index (κ3) is 3.91. The number of hydrogen-bond donors (Lipinski definition) is 0. The van der Waals surface area contributed by atoms with E-state index in [0.717, 1.165) is 37.9 Å². The number of piperidine rings is 1. The first-order valence-corrected chi connectivity index (χ1v) is 9.80. The molecule has 0 N–H and O–H groups in total. The molecule has 0 radical (unpaired) electrons. The van der Waals surface area contributed by atoms with Gasteiger partial charge in [0.2, 0.25) is 0 Å². The molecular weight excluding hydrogens is 320 g/mol. The third-order valence-electron chi connectivity index (χ3n) is 4.14.